The normalized spacial score (nSPS) is 20.1. The van der Waals surface area contributed by atoms with Crippen molar-refractivity contribution >= 4 is 0 Å². The second-order valence-electron chi connectivity index (χ2n) is 4.37. The molecule has 0 unspecified atom stereocenters. The minimum Gasteiger partial charge on any atom is -0.478 e. The lowest BCUT2D eigenvalue weighted by atomic mass is 10.0. The molecule has 0 amide bonds. The molecule has 0 atom stereocenters. The molecule has 0 spiro atoms. The summed E-state index contributed by atoms with van der Waals surface area (Å²) in [7, 11) is 2.09. The molecule has 1 aliphatic carbocycles. The summed E-state index contributed by atoms with van der Waals surface area (Å²) in [5.74, 6) is 1.11. The van der Waals surface area contributed by atoms with E-state index in [0.29, 0.717) is 0 Å². The Morgan fingerprint density at radius 3 is 2.79 bits per heavy atom. The van der Waals surface area contributed by atoms with E-state index >= 15 is 0 Å². The molecule has 2 aliphatic rings. The standard InChI is InChI=1S/C12H15NO/c1-13-7-11-5-9-3-2-4-10(9)6-12(11)14-8-13/h5-6H,2-4,7-8H2,1H3. The average molecular weight is 189 g/mol. The van der Waals surface area contributed by atoms with Crippen LogP contribution in [0.5, 0.6) is 5.75 Å². The summed E-state index contributed by atoms with van der Waals surface area (Å²) >= 11 is 0. The Labute approximate surface area is 84.5 Å². The van der Waals surface area contributed by atoms with E-state index in [9.17, 15) is 0 Å². The van der Waals surface area contributed by atoms with Crippen LogP contribution in [0.15, 0.2) is 12.1 Å². The average Bonchev–Trinajstić information content (AvgIpc) is 2.61. The van der Waals surface area contributed by atoms with Crippen LogP contribution in [0.4, 0.5) is 0 Å². The zero-order valence-electron chi connectivity index (χ0n) is 8.55. The molecule has 1 heterocycles. The number of nitrogens with zero attached hydrogens (tertiary/aromatic N) is 1. The first-order valence-electron chi connectivity index (χ1n) is 5.29. The van der Waals surface area contributed by atoms with Gasteiger partial charge in [-0.2, -0.15) is 0 Å². The minimum atomic E-state index is 0.728. The lowest BCUT2D eigenvalue weighted by Crippen LogP contribution is -2.28. The zero-order chi connectivity index (χ0) is 9.54. The topological polar surface area (TPSA) is 12.5 Å². The third-order valence-electron chi connectivity index (χ3n) is 3.16. The monoisotopic (exact) mass is 189 g/mol. The Balaban J connectivity index is 2.06. The highest BCUT2D eigenvalue weighted by atomic mass is 16.5. The van der Waals surface area contributed by atoms with E-state index in [-0.39, 0.29) is 0 Å². The van der Waals surface area contributed by atoms with Gasteiger partial charge in [0.25, 0.3) is 0 Å². The van der Waals surface area contributed by atoms with Crippen LogP contribution >= 0.6 is 0 Å². The summed E-state index contributed by atoms with van der Waals surface area (Å²) in [6.07, 6.45) is 3.81. The Kier molecular flexibility index (Phi) is 1.77. The SMILES string of the molecule is CN1COc2cc3c(cc2C1)CCC3. The van der Waals surface area contributed by atoms with Gasteiger partial charge in [0.1, 0.15) is 12.5 Å². The van der Waals surface area contributed by atoms with Crippen LogP contribution in [0.1, 0.15) is 23.1 Å². The summed E-state index contributed by atoms with van der Waals surface area (Å²) in [6, 6.07) is 4.60. The Bertz CT molecular complexity index is 373. The predicted molar refractivity (Wildman–Crippen MR) is 55.4 cm³/mol. The molecule has 0 bridgehead atoms. The number of rotatable bonds is 0. The lowest BCUT2D eigenvalue weighted by molar-refractivity contribution is 0.121. The highest BCUT2D eigenvalue weighted by molar-refractivity contribution is 5.45. The molecule has 0 radical (unpaired) electrons. The molecule has 0 fully saturated rings. The summed E-state index contributed by atoms with van der Waals surface area (Å²) in [5.41, 5.74) is 4.41. The van der Waals surface area contributed by atoms with Gasteiger partial charge in [-0.05, 0) is 43.5 Å². The Hall–Kier alpha value is -1.02. The van der Waals surface area contributed by atoms with E-state index in [1.54, 1.807) is 5.56 Å². The van der Waals surface area contributed by atoms with Gasteiger partial charge >= 0.3 is 0 Å². The number of hydrogen-bond acceptors (Lipinski definition) is 2. The van der Waals surface area contributed by atoms with Gasteiger partial charge in [-0.3, -0.25) is 4.90 Å². The fraction of sp³-hybridized carbons (Fsp3) is 0.500. The van der Waals surface area contributed by atoms with Gasteiger partial charge in [-0.25, -0.2) is 0 Å². The molecule has 1 aliphatic heterocycles. The van der Waals surface area contributed by atoms with Crippen molar-refractivity contribution in [3.8, 4) is 5.75 Å². The number of benzene rings is 1. The summed E-state index contributed by atoms with van der Waals surface area (Å²) in [6.45, 7) is 1.76. The fourth-order valence-electron chi connectivity index (χ4n) is 2.43. The number of hydrogen-bond donors (Lipinski definition) is 0. The van der Waals surface area contributed by atoms with Crippen molar-refractivity contribution in [2.24, 2.45) is 0 Å². The molecular weight excluding hydrogens is 174 g/mol. The van der Waals surface area contributed by atoms with Crippen LogP contribution in [-0.2, 0) is 19.4 Å². The van der Waals surface area contributed by atoms with Gasteiger partial charge < -0.3 is 4.74 Å². The van der Waals surface area contributed by atoms with Gasteiger partial charge in [-0.15, -0.1) is 0 Å². The van der Waals surface area contributed by atoms with E-state index < -0.39 is 0 Å². The summed E-state index contributed by atoms with van der Waals surface area (Å²) in [4.78, 5) is 2.20. The third kappa shape index (κ3) is 1.22. The van der Waals surface area contributed by atoms with Crippen molar-refractivity contribution in [1.29, 1.82) is 0 Å². The highest BCUT2D eigenvalue weighted by Crippen LogP contribution is 2.32. The Morgan fingerprint density at radius 2 is 1.93 bits per heavy atom. The molecule has 3 rings (SSSR count). The highest BCUT2D eigenvalue weighted by Gasteiger charge is 2.19. The second-order valence-corrected chi connectivity index (χ2v) is 4.37. The number of fused-ring (bicyclic) bond motifs is 2. The minimum absolute atomic E-state index is 0.728. The molecule has 2 nitrogen and oxygen atoms in total. The predicted octanol–water partition coefficient (Wildman–Crippen LogP) is 1.96. The first-order valence-corrected chi connectivity index (χ1v) is 5.29. The molecule has 2 heteroatoms. The van der Waals surface area contributed by atoms with Crippen LogP contribution in [0, 0.1) is 0 Å². The van der Waals surface area contributed by atoms with E-state index in [1.807, 2.05) is 0 Å². The molecule has 14 heavy (non-hydrogen) atoms. The van der Waals surface area contributed by atoms with E-state index in [1.165, 1.54) is 30.4 Å². The van der Waals surface area contributed by atoms with E-state index in [0.717, 1.165) is 19.0 Å². The Morgan fingerprint density at radius 1 is 1.14 bits per heavy atom. The smallest absolute Gasteiger partial charge is 0.142 e. The van der Waals surface area contributed by atoms with Crippen LogP contribution in [0.25, 0.3) is 0 Å². The van der Waals surface area contributed by atoms with E-state index in [4.69, 9.17) is 4.74 Å². The van der Waals surface area contributed by atoms with Crippen LogP contribution < -0.4 is 4.74 Å². The first-order chi connectivity index (χ1) is 6.83. The molecule has 0 N–H and O–H groups in total. The zero-order valence-corrected chi connectivity index (χ0v) is 8.55. The molecule has 0 saturated carbocycles. The van der Waals surface area contributed by atoms with E-state index in [2.05, 4.69) is 24.1 Å². The molecule has 1 aromatic carbocycles. The molecule has 0 saturated heterocycles. The third-order valence-corrected chi connectivity index (χ3v) is 3.16. The summed E-state index contributed by atoms with van der Waals surface area (Å²) < 4.78 is 5.69. The summed E-state index contributed by atoms with van der Waals surface area (Å²) in [5, 5.41) is 0. The van der Waals surface area contributed by atoms with Gasteiger partial charge in [-0.1, -0.05) is 6.07 Å². The van der Waals surface area contributed by atoms with Crippen LogP contribution in [0.3, 0.4) is 0 Å². The number of aryl methyl sites for hydroxylation is 2. The maximum absolute atomic E-state index is 5.69. The van der Waals surface area contributed by atoms with Crippen molar-refractivity contribution in [1.82, 2.24) is 4.90 Å². The van der Waals surface area contributed by atoms with Gasteiger partial charge in [0.2, 0.25) is 0 Å². The molecule has 74 valence electrons. The van der Waals surface area contributed by atoms with Crippen molar-refractivity contribution in [2.45, 2.75) is 25.8 Å². The van der Waals surface area contributed by atoms with Crippen LogP contribution in [0.2, 0.25) is 0 Å². The largest absolute Gasteiger partial charge is 0.478 e. The van der Waals surface area contributed by atoms with Gasteiger partial charge in [0.15, 0.2) is 0 Å². The van der Waals surface area contributed by atoms with Crippen molar-refractivity contribution in [2.75, 3.05) is 13.8 Å². The van der Waals surface area contributed by atoms with Gasteiger partial charge in [0.05, 0.1) is 0 Å². The lowest BCUT2D eigenvalue weighted by Gasteiger charge is -2.26. The molecule has 1 aromatic rings. The van der Waals surface area contributed by atoms with Crippen molar-refractivity contribution in [3.05, 3.63) is 28.8 Å². The van der Waals surface area contributed by atoms with Gasteiger partial charge in [0, 0.05) is 12.1 Å². The van der Waals surface area contributed by atoms with Crippen LogP contribution in [-0.4, -0.2) is 18.7 Å². The second kappa shape index (κ2) is 2.99. The quantitative estimate of drug-likeness (QED) is 0.618. The first kappa shape index (κ1) is 8.30. The molecule has 0 aromatic heterocycles. The number of ether oxygens (including phenoxy) is 1. The maximum atomic E-state index is 5.69. The fourth-order valence-corrected chi connectivity index (χ4v) is 2.43. The molecular formula is C12H15NO. The van der Waals surface area contributed by atoms with Crippen molar-refractivity contribution < 1.29 is 4.74 Å². The van der Waals surface area contributed by atoms with Crippen molar-refractivity contribution in [3.63, 3.8) is 0 Å². The maximum Gasteiger partial charge on any atom is 0.142 e.